The van der Waals surface area contributed by atoms with Gasteiger partial charge in [-0.2, -0.15) is 0 Å². The summed E-state index contributed by atoms with van der Waals surface area (Å²) < 4.78 is 16.5. The molecule has 0 bridgehead atoms. The van der Waals surface area contributed by atoms with Crippen molar-refractivity contribution >= 4 is 11.9 Å². The van der Waals surface area contributed by atoms with Crippen LogP contribution in [-0.4, -0.2) is 23.1 Å². The summed E-state index contributed by atoms with van der Waals surface area (Å²) in [6.07, 6.45) is 0.914. The van der Waals surface area contributed by atoms with Crippen molar-refractivity contribution in [3.8, 4) is 5.75 Å². The first-order chi connectivity index (χ1) is 15.0. The highest BCUT2D eigenvalue weighted by Crippen LogP contribution is 2.25. The molecule has 0 saturated heterocycles. The average Bonchev–Trinajstić information content (AvgIpc) is 3.54. The molecule has 1 aliphatic rings. The Kier molecular flexibility index (Phi) is 6.02. The molecule has 0 aliphatic heterocycles. The smallest absolute Gasteiger partial charge is 0.339 e. The van der Waals surface area contributed by atoms with Crippen molar-refractivity contribution in [2.45, 2.75) is 45.4 Å². The normalized spacial score (nSPS) is 14.0. The van der Waals surface area contributed by atoms with E-state index in [1.54, 1.807) is 36.4 Å². The van der Waals surface area contributed by atoms with Gasteiger partial charge in [-0.15, -0.1) is 0 Å². The van der Waals surface area contributed by atoms with Crippen LogP contribution in [-0.2, 0) is 16.1 Å². The van der Waals surface area contributed by atoms with Crippen molar-refractivity contribution < 1.29 is 23.6 Å². The van der Waals surface area contributed by atoms with E-state index in [4.69, 9.17) is 14.0 Å². The van der Waals surface area contributed by atoms with Gasteiger partial charge in [-0.25, -0.2) is 4.79 Å². The van der Waals surface area contributed by atoms with Gasteiger partial charge in [-0.3, -0.25) is 4.79 Å². The minimum atomic E-state index is -0.996. The molecular formula is C24H24N2O5. The van der Waals surface area contributed by atoms with Gasteiger partial charge in [-0.05, 0) is 51.0 Å². The third-order valence-corrected chi connectivity index (χ3v) is 5.14. The van der Waals surface area contributed by atoms with Gasteiger partial charge in [-0.1, -0.05) is 35.5 Å². The first kappa shape index (κ1) is 20.7. The number of hydrogen-bond donors (Lipinski definition) is 1. The monoisotopic (exact) mass is 420 g/mol. The summed E-state index contributed by atoms with van der Waals surface area (Å²) in [7, 11) is 0. The van der Waals surface area contributed by atoms with Crippen molar-refractivity contribution in [1.82, 2.24) is 10.5 Å². The maximum absolute atomic E-state index is 12.7. The summed E-state index contributed by atoms with van der Waals surface area (Å²) in [5.74, 6) is 0.440. The SMILES string of the molecule is Cc1noc(C)c1COc1ccc(C(=O)O[C@H](C(=O)NC2CC2)c2ccccc2)cc1. The number of esters is 1. The maximum atomic E-state index is 12.7. The van der Waals surface area contributed by atoms with Crippen LogP contribution in [0.5, 0.6) is 5.75 Å². The third kappa shape index (κ3) is 5.12. The number of amides is 1. The van der Waals surface area contributed by atoms with E-state index < -0.39 is 12.1 Å². The van der Waals surface area contributed by atoms with Crippen LogP contribution in [0.15, 0.2) is 59.1 Å². The molecule has 0 spiro atoms. The van der Waals surface area contributed by atoms with E-state index in [2.05, 4.69) is 10.5 Å². The first-order valence-electron chi connectivity index (χ1n) is 10.2. The second-order valence-electron chi connectivity index (χ2n) is 7.59. The molecule has 4 rings (SSSR count). The van der Waals surface area contributed by atoms with Gasteiger partial charge in [0.15, 0.2) is 0 Å². The summed E-state index contributed by atoms with van der Waals surface area (Å²) in [6.45, 7) is 4.01. The van der Waals surface area contributed by atoms with Crippen LogP contribution in [0.4, 0.5) is 0 Å². The van der Waals surface area contributed by atoms with Crippen LogP contribution in [0.1, 0.15) is 51.9 Å². The van der Waals surface area contributed by atoms with Crippen molar-refractivity contribution in [1.29, 1.82) is 0 Å². The molecule has 0 unspecified atom stereocenters. The predicted molar refractivity (Wildman–Crippen MR) is 113 cm³/mol. The van der Waals surface area contributed by atoms with Crippen LogP contribution in [0.25, 0.3) is 0 Å². The van der Waals surface area contributed by atoms with E-state index in [9.17, 15) is 9.59 Å². The molecule has 1 saturated carbocycles. The minimum Gasteiger partial charge on any atom is -0.489 e. The third-order valence-electron chi connectivity index (χ3n) is 5.14. The molecule has 1 heterocycles. The quantitative estimate of drug-likeness (QED) is 0.553. The van der Waals surface area contributed by atoms with Gasteiger partial charge in [0.2, 0.25) is 6.10 Å². The number of carbonyl (C=O) groups is 2. The molecule has 0 radical (unpaired) electrons. The lowest BCUT2D eigenvalue weighted by Crippen LogP contribution is -2.33. The maximum Gasteiger partial charge on any atom is 0.339 e. The summed E-state index contributed by atoms with van der Waals surface area (Å²) in [4.78, 5) is 25.4. The minimum absolute atomic E-state index is 0.173. The molecule has 7 nitrogen and oxygen atoms in total. The van der Waals surface area contributed by atoms with Crippen LogP contribution >= 0.6 is 0 Å². The number of ether oxygens (including phenoxy) is 2. The molecular weight excluding hydrogens is 396 g/mol. The van der Waals surface area contributed by atoms with E-state index in [0.29, 0.717) is 29.2 Å². The zero-order valence-corrected chi connectivity index (χ0v) is 17.5. The van der Waals surface area contributed by atoms with E-state index in [1.165, 1.54) is 0 Å². The van der Waals surface area contributed by atoms with Crippen molar-refractivity contribution in [2.75, 3.05) is 0 Å². The molecule has 1 aromatic heterocycles. The van der Waals surface area contributed by atoms with Gasteiger partial charge < -0.3 is 19.3 Å². The molecule has 160 valence electrons. The van der Waals surface area contributed by atoms with Crippen LogP contribution in [0.3, 0.4) is 0 Å². The molecule has 7 heteroatoms. The van der Waals surface area contributed by atoms with Crippen LogP contribution in [0, 0.1) is 13.8 Å². The van der Waals surface area contributed by atoms with E-state index in [0.717, 1.165) is 24.1 Å². The average molecular weight is 420 g/mol. The van der Waals surface area contributed by atoms with E-state index >= 15 is 0 Å². The van der Waals surface area contributed by atoms with Gasteiger partial charge in [0, 0.05) is 11.6 Å². The number of rotatable bonds is 8. The Hall–Kier alpha value is -3.61. The highest BCUT2D eigenvalue weighted by Gasteiger charge is 2.31. The van der Waals surface area contributed by atoms with Gasteiger partial charge in [0.05, 0.1) is 16.8 Å². The van der Waals surface area contributed by atoms with Crippen molar-refractivity contribution in [3.63, 3.8) is 0 Å². The lowest BCUT2D eigenvalue weighted by molar-refractivity contribution is -0.130. The first-order valence-corrected chi connectivity index (χ1v) is 10.2. The molecule has 1 fully saturated rings. The number of aromatic nitrogens is 1. The van der Waals surface area contributed by atoms with Gasteiger partial charge in [0.25, 0.3) is 5.91 Å². The fourth-order valence-electron chi connectivity index (χ4n) is 3.13. The highest BCUT2D eigenvalue weighted by molar-refractivity contribution is 5.93. The second kappa shape index (κ2) is 9.04. The van der Waals surface area contributed by atoms with E-state index in [1.807, 2.05) is 32.0 Å². The topological polar surface area (TPSA) is 90.7 Å². The number of carbonyl (C=O) groups excluding carboxylic acids is 2. The van der Waals surface area contributed by atoms with E-state index in [-0.39, 0.29) is 11.9 Å². The molecule has 2 aromatic carbocycles. The Labute approximate surface area is 180 Å². The van der Waals surface area contributed by atoms with Crippen LogP contribution < -0.4 is 10.1 Å². The number of nitrogens with one attached hydrogen (secondary N) is 1. The summed E-state index contributed by atoms with van der Waals surface area (Å²) in [6, 6.07) is 15.8. The Balaban J connectivity index is 1.42. The fraction of sp³-hybridized carbons (Fsp3) is 0.292. The zero-order valence-electron chi connectivity index (χ0n) is 17.5. The molecule has 1 amide bonds. The van der Waals surface area contributed by atoms with Gasteiger partial charge >= 0.3 is 5.97 Å². The Morgan fingerprint density at radius 1 is 1.10 bits per heavy atom. The standard InChI is InChI=1S/C24H24N2O5/c1-15-21(16(2)31-26-15)14-29-20-12-8-18(9-13-20)24(28)30-22(17-6-4-3-5-7-17)23(27)25-19-10-11-19/h3-9,12-13,19,22H,10-11,14H2,1-2H3,(H,25,27)/t22-/m0/s1. The van der Waals surface area contributed by atoms with Crippen molar-refractivity contribution in [2.24, 2.45) is 0 Å². The Morgan fingerprint density at radius 3 is 2.42 bits per heavy atom. The number of benzene rings is 2. The Morgan fingerprint density at radius 2 is 1.81 bits per heavy atom. The largest absolute Gasteiger partial charge is 0.489 e. The predicted octanol–water partition coefficient (Wildman–Crippen LogP) is 4.05. The van der Waals surface area contributed by atoms with Gasteiger partial charge in [0.1, 0.15) is 18.1 Å². The summed E-state index contributed by atoms with van der Waals surface area (Å²) >= 11 is 0. The number of aryl methyl sites for hydroxylation is 2. The summed E-state index contributed by atoms with van der Waals surface area (Å²) in [5.41, 5.74) is 2.66. The molecule has 3 aromatic rings. The lowest BCUT2D eigenvalue weighted by atomic mass is 10.1. The highest BCUT2D eigenvalue weighted by atomic mass is 16.5. The fourth-order valence-corrected chi connectivity index (χ4v) is 3.13. The lowest BCUT2D eigenvalue weighted by Gasteiger charge is -2.18. The van der Waals surface area contributed by atoms with Crippen LogP contribution in [0.2, 0.25) is 0 Å². The molecule has 1 N–H and O–H groups in total. The Bertz CT molecular complexity index is 1040. The molecule has 31 heavy (non-hydrogen) atoms. The number of hydrogen-bond acceptors (Lipinski definition) is 6. The second-order valence-corrected chi connectivity index (χ2v) is 7.59. The molecule has 1 aliphatic carbocycles. The zero-order chi connectivity index (χ0) is 21.8. The van der Waals surface area contributed by atoms with Crippen molar-refractivity contribution in [3.05, 3.63) is 82.7 Å². The summed E-state index contributed by atoms with van der Waals surface area (Å²) in [5, 5.41) is 6.81. The number of nitrogens with zero attached hydrogens (tertiary/aromatic N) is 1. The molecule has 1 atom stereocenters.